The summed E-state index contributed by atoms with van der Waals surface area (Å²) in [6.45, 7) is 4.20. The average molecular weight is 267 g/mol. The zero-order valence-corrected chi connectivity index (χ0v) is 12.4. The van der Waals surface area contributed by atoms with E-state index in [9.17, 15) is 4.39 Å². The molecule has 3 nitrogen and oxygen atoms in total. The second-order valence-corrected chi connectivity index (χ2v) is 5.46. The number of likely N-dealkylation sites (N-methyl/N-ethyl adjacent to an activating group) is 1. The van der Waals surface area contributed by atoms with Crippen LogP contribution in [0, 0.1) is 5.82 Å². The van der Waals surface area contributed by atoms with Crippen LogP contribution in [-0.4, -0.2) is 50.1 Å². The molecular weight excluding hydrogens is 241 g/mol. The molecule has 1 aromatic carbocycles. The van der Waals surface area contributed by atoms with Crippen LogP contribution in [0.25, 0.3) is 0 Å². The molecule has 0 radical (unpaired) electrons. The van der Waals surface area contributed by atoms with Gasteiger partial charge in [-0.1, -0.05) is 12.1 Å². The van der Waals surface area contributed by atoms with Crippen LogP contribution in [0.3, 0.4) is 0 Å². The summed E-state index contributed by atoms with van der Waals surface area (Å²) in [4.78, 5) is 4.44. The smallest absolute Gasteiger partial charge is 0.123 e. The molecule has 1 rings (SSSR count). The number of rotatable bonds is 7. The molecule has 0 spiro atoms. The Kier molecular flexibility index (Phi) is 6.42. The second kappa shape index (κ2) is 7.58. The van der Waals surface area contributed by atoms with Crippen LogP contribution in [0.4, 0.5) is 4.39 Å². The molecule has 2 atom stereocenters. The molecule has 0 aliphatic carbocycles. The average Bonchev–Trinajstić information content (AvgIpc) is 2.37. The standard InChI is InChI=1S/C15H26FN3/c1-12(19(4)11-5-10-18(2)3)15(17)13-6-8-14(16)9-7-13/h6-9,12,15H,5,10-11,17H2,1-4H3. The van der Waals surface area contributed by atoms with E-state index in [1.54, 1.807) is 12.1 Å². The fourth-order valence-corrected chi connectivity index (χ4v) is 2.08. The van der Waals surface area contributed by atoms with Crippen LogP contribution in [0.15, 0.2) is 24.3 Å². The topological polar surface area (TPSA) is 32.5 Å². The lowest BCUT2D eigenvalue weighted by Crippen LogP contribution is -2.39. The highest BCUT2D eigenvalue weighted by Crippen LogP contribution is 2.18. The van der Waals surface area contributed by atoms with Gasteiger partial charge in [0, 0.05) is 12.1 Å². The van der Waals surface area contributed by atoms with Gasteiger partial charge in [-0.25, -0.2) is 4.39 Å². The Balaban J connectivity index is 2.51. The van der Waals surface area contributed by atoms with Gasteiger partial charge in [0.1, 0.15) is 5.82 Å². The highest BCUT2D eigenvalue weighted by molar-refractivity contribution is 5.20. The van der Waals surface area contributed by atoms with Crippen molar-refractivity contribution in [3.05, 3.63) is 35.6 Å². The van der Waals surface area contributed by atoms with Gasteiger partial charge in [0.25, 0.3) is 0 Å². The normalized spacial score (nSPS) is 14.9. The van der Waals surface area contributed by atoms with Crippen molar-refractivity contribution in [3.8, 4) is 0 Å². The van der Waals surface area contributed by atoms with Crippen LogP contribution in [-0.2, 0) is 0 Å². The molecule has 0 aliphatic rings. The third-order valence-corrected chi connectivity index (χ3v) is 3.59. The SMILES string of the molecule is CC(C(N)c1ccc(F)cc1)N(C)CCCN(C)C. The monoisotopic (exact) mass is 267 g/mol. The van der Waals surface area contributed by atoms with Gasteiger partial charge in [-0.3, -0.25) is 0 Å². The Morgan fingerprint density at radius 2 is 1.68 bits per heavy atom. The molecule has 0 heterocycles. The summed E-state index contributed by atoms with van der Waals surface area (Å²) in [7, 11) is 6.24. The van der Waals surface area contributed by atoms with Gasteiger partial charge in [-0.15, -0.1) is 0 Å². The van der Waals surface area contributed by atoms with Gasteiger partial charge in [-0.2, -0.15) is 0 Å². The van der Waals surface area contributed by atoms with Crippen molar-refractivity contribution in [2.45, 2.75) is 25.4 Å². The Hall–Kier alpha value is -0.970. The number of nitrogens with zero attached hydrogens (tertiary/aromatic N) is 2. The van der Waals surface area contributed by atoms with Crippen LogP contribution in [0.2, 0.25) is 0 Å². The van der Waals surface area contributed by atoms with E-state index in [2.05, 4.69) is 37.9 Å². The number of halogens is 1. The molecular formula is C15H26FN3. The Bertz CT molecular complexity index is 364. The summed E-state index contributed by atoms with van der Waals surface area (Å²) in [5.41, 5.74) is 7.23. The Morgan fingerprint density at radius 1 is 1.11 bits per heavy atom. The molecule has 0 amide bonds. The summed E-state index contributed by atoms with van der Waals surface area (Å²) >= 11 is 0. The molecule has 0 bridgehead atoms. The zero-order chi connectivity index (χ0) is 14.4. The zero-order valence-electron chi connectivity index (χ0n) is 12.4. The first kappa shape index (κ1) is 16.1. The molecule has 4 heteroatoms. The summed E-state index contributed by atoms with van der Waals surface area (Å²) < 4.78 is 12.9. The largest absolute Gasteiger partial charge is 0.323 e. The number of benzene rings is 1. The lowest BCUT2D eigenvalue weighted by atomic mass is 10.0. The molecule has 0 saturated heterocycles. The van der Waals surface area contributed by atoms with Gasteiger partial charge in [0.2, 0.25) is 0 Å². The van der Waals surface area contributed by atoms with E-state index in [0.29, 0.717) is 0 Å². The quantitative estimate of drug-likeness (QED) is 0.821. The Labute approximate surface area is 116 Å². The maximum absolute atomic E-state index is 12.9. The predicted molar refractivity (Wildman–Crippen MR) is 78.6 cm³/mol. The lowest BCUT2D eigenvalue weighted by Gasteiger charge is -2.30. The van der Waals surface area contributed by atoms with Gasteiger partial charge in [0.05, 0.1) is 0 Å². The lowest BCUT2D eigenvalue weighted by molar-refractivity contribution is 0.215. The Morgan fingerprint density at radius 3 is 2.21 bits per heavy atom. The second-order valence-electron chi connectivity index (χ2n) is 5.46. The predicted octanol–water partition coefficient (Wildman–Crippen LogP) is 2.10. The highest BCUT2D eigenvalue weighted by atomic mass is 19.1. The van der Waals surface area contributed by atoms with E-state index in [1.807, 2.05) is 0 Å². The first-order chi connectivity index (χ1) is 8.91. The van der Waals surface area contributed by atoms with Crippen LogP contribution in [0.5, 0.6) is 0 Å². The van der Waals surface area contributed by atoms with Crippen molar-refractivity contribution in [1.82, 2.24) is 9.80 Å². The fourth-order valence-electron chi connectivity index (χ4n) is 2.08. The summed E-state index contributed by atoms with van der Waals surface area (Å²) in [6, 6.07) is 6.61. The van der Waals surface area contributed by atoms with Crippen LogP contribution < -0.4 is 5.73 Å². The number of nitrogens with two attached hydrogens (primary N) is 1. The summed E-state index contributed by atoms with van der Waals surface area (Å²) in [5.74, 6) is -0.219. The summed E-state index contributed by atoms with van der Waals surface area (Å²) in [6.07, 6.45) is 1.12. The van der Waals surface area contributed by atoms with Gasteiger partial charge in [0.15, 0.2) is 0 Å². The third kappa shape index (κ3) is 5.27. The van der Waals surface area contributed by atoms with Crippen molar-refractivity contribution in [3.63, 3.8) is 0 Å². The fraction of sp³-hybridized carbons (Fsp3) is 0.600. The third-order valence-electron chi connectivity index (χ3n) is 3.59. The minimum absolute atomic E-state index is 0.0926. The van der Waals surface area contributed by atoms with Crippen molar-refractivity contribution >= 4 is 0 Å². The summed E-state index contributed by atoms with van der Waals surface area (Å²) in [5, 5.41) is 0. The molecule has 0 aromatic heterocycles. The molecule has 0 fully saturated rings. The van der Waals surface area contributed by atoms with Gasteiger partial charge >= 0.3 is 0 Å². The van der Waals surface area contributed by atoms with E-state index < -0.39 is 0 Å². The van der Waals surface area contributed by atoms with Crippen LogP contribution in [0.1, 0.15) is 24.9 Å². The molecule has 1 aromatic rings. The van der Waals surface area contributed by atoms with E-state index >= 15 is 0 Å². The molecule has 108 valence electrons. The number of hydrogen-bond donors (Lipinski definition) is 1. The number of hydrogen-bond acceptors (Lipinski definition) is 3. The van der Waals surface area contributed by atoms with Crippen molar-refractivity contribution in [2.75, 3.05) is 34.2 Å². The van der Waals surface area contributed by atoms with E-state index in [0.717, 1.165) is 25.1 Å². The van der Waals surface area contributed by atoms with E-state index in [4.69, 9.17) is 5.73 Å². The highest BCUT2D eigenvalue weighted by Gasteiger charge is 2.18. The molecule has 0 aliphatic heterocycles. The first-order valence-electron chi connectivity index (χ1n) is 6.78. The van der Waals surface area contributed by atoms with Crippen molar-refractivity contribution in [1.29, 1.82) is 0 Å². The first-order valence-corrected chi connectivity index (χ1v) is 6.78. The van der Waals surface area contributed by atoms with Crippen LogP contribution >= 0.6 is 0 Å². The van der Waals surface area contributed by atoms with Crippen molar-refractivity contribution < 1.29 is 4.39 Å². The minimum Gasteiger partial charge on any atom is -0.323 e. The van der Waals surface area contributed by atoms with Gasteiger partial charge < -0.3 is 15.5 Å². The molecule has 2 unspecified atom stereocenters. The molecule has 0 saturated carbocycles. The van der Waals surface area contributed by atoms with E-state index in [1.165, 1.54) is 12.1 Å². The maximum atomic E-state index is 12.9. The van der Waals surface area contributed by atoms with Crippen molar-refractivity contribution in [2.24, 2.45) is 5.73 Å². The molecule has 2 N–H and O–H groups in total. The maximum Gasteiger partial charge on any atom is 0.123 e. The van der Waals surface area contributed by atoms with E-state index in [-0.39, 0.29) is 17.9 Å². The minimum atomic E-state index is -0.219. The van der Waals surface area contributed by atoms with Gasteiger partial charge in [-0.05, 0) is 65.3 Å². The molecule has 19 heavy (non-hydrogen) atoms.